The van der Waals surface area contributed by atoms with Crippen molar-refractivity contribution in [2.45, 2.75) is 12.3 Å². The number of hydrogen-bond donors (Lipinski definition) is 1. The summed E-state index contributed by atoms with van der Waals surface area (Å²) in [6, 6.07) is 9.12. The molecule has 1 aliphatic carbocycles. The van der Waals surface area contributed by atoms with Gasteiger partial charge in [0.25, 0.3) is 12.1 Å². The summed E-state index contributed by atoms with van der Waals surface area (Å²) in [5.41, 5.74) is 6.53. The first-order chi connectivity index (χ1) is 11.5. The number of nitrogens with zero attached hydrogens (tertiary/aromatic N) is 2. The molecule has 0 saturated carbocycles. The highest BCUT2D eigenvalue weighted by molar-refractivity contribution is 6.31. The van der Waals surface area contributed by atoms with Crippen LogP contribution in [0.3, 0.4) is 0 Å². The molecule has 0 radical (unpaired) electrons. The van der Waals surface area contributed by atoms with Gasteiger partial charge < -0.3 is 15.4 Å². The van der Waals surface area contributed by atoms with Gasteiger partial charge in [0.2, 0.25) is 0 Å². The first kappa shape index (κ1) is 16.3. The summed E-state index contributed by atoms with van der Waals surface area (Å²) < 4.78 is 4.92. The maximum absolute atomic E-state index is 12.6. The molecule has 3 unspecified atom stereocenters. The average Bonchev–Trinajstić information content (AvgIpc) is 2.66. The van der Waals surface area contributed by atoms with E-state index in [-0.39, 0.29) is 12.0 Å². The van der Waals surface area contributed by atoms with Gasteiger partial charge in [-0.15, -0.1) is 0 Å². The van der Waals surface area contributed by atoms with Crippen LogP contribution in [-0.2, 0) is 9.53 Å². The number of hydrogen-bond acceptors (Lipinski definition) is 4. The molecule has 2 amide bonds. The minimum atomic E-state index is -1.31. The number of primary amides is 1. The molecule has 24 heavy (non-hydrogen) atoms. The third-order valence-corrected chi connectivity index (χ3v) is 4.29. The van der Waals surface area contributed by atoms with Crippen molar-refractivity contribution < 1.29 is 14.3 Å². The van der Waals surface area contributed by atoms with E-state index >= 15 is 0 Å². The lowest BCUT2D eigenvalue weighted by atomic mass is 9.86. The third-order valence-electron chi connectivity index (χ3n) is 4.03. The van der Waals surface area contributed by atoms with E-state index in [1.165, 1.54) is 4.90 Å². The minimum Gasteiger partial charge on any atom is -0.414 e. The summed E-state index contributed by atoms with van der Waals surface area (Å²) in [5, 5.41) is 0.565. The number of amides is 2. The number of rotatable bonds is 2. The highest BCUT2D eigenvalue weighted by atomic mass is 35.5. The maximum atomic E-state index is 12.6. The van der Waals surface area contributed by atoms with Gasteiger partial charge in [-0.25, -0.2) is 9.79 Å². The monoisotopic (exact) mass is 345 g/mol. The SMILES string of the molecule is CN1C(=O)C(OC(N)=O)N=C(c2ccccc2)C2C=C(Cl)C=CC21. The van der Waals surface area contributed by atoms with Gasteiger partial charge in [0.05, 0.1) is 11.8 Å². The molecule has 0 spiro atoms. The van der Waals surface area contributed by atoms with Crippen LogP contribution in [0.2, 0.25) is 0 Å². The molecule has 0 saturated heterocycles. The van der Waals surface area contributed by atoms with E-state index in [1.807, 2.05) is 42.5 Å². The number of halogens is 1. The van der Waals surface area contributed by atoms with Crippen molar-refractivity contribution in [3.05, 3.63) is 59.2 Å². The van der Waals surface area contributed by atoms with Gasteiger partial charge in [-0.05, 0) is 11.6 Å². The largest absolute Gasteiger partial charge is 0.414 e. The summed E-state index contributed by atoms with van der Waals surface area (Å²) in [7, 11) is 1.64. The number of ether oxygens (including phenoxy) is 1. The lowest BCUT2D eigenvalue weighted by Crippen LogP contribution is -2.45. The topological polar surface area (TPSA) is 85.0 Å². The lowest BCUT2D eigenvalue weighted by Gasteiger charge is -2.31. The van der Waals surface area contributed by atoms with Gasteiger partial charge in [0, 0.05) is 18.0 Å². The molecule has 124 valence electrons. The van der Waals surface area contributed by atoms with Gasteiger partial charge in [-0.3, -0.25) is 4.79 Å². The highest BCUT2D eigenvalue weighted by Crippen LogP contribution is 2.30. The zero-order chi connectivity index (χ0) is 17.3. The highest BCUT2D eigenvalue weighted by Gasteiger charge is 2.39. The number of fused-ring (bicyclic) bond motifs is 1. The summed E-state index contributed by atoms with van der Waals surface area (Å²) in [6.45, 7) is 0. The van der Waals surface area contributed by atoms with Gasteiger partial charge in [0.15, 0.2) is 0 Å². The quantitative estimate of drug-likeness (QED) is 0.890. The first-order valence-electron chi connectivity index (χ1n) is 7.39. The number of allylic oxidation sites excluding steroid dienone is 2. The number of carbonyl (C=O) groups is 2. The molecular weight excluding hydrogens is 330 g/mol. The van der Waals surface area contributed by atoms with Crippen molar-refractivity contribution >= 4 is 29.3 Å². The van der Waals surface area contributed by atoms with E-state index in [1.54, 1.807) is 13.1 Å². The second-order valence-electron chi connectivity index (χ2n) is 5.55. The summed E-state index contributed by atoms with van der Waals surface area (Å²) in [5.74, 6) is -0.689. The third kappa shape index (κ3) is 3.05. The molecule has 6 nitrogen and oxygen atoms in total. The molecule has 3 rings (SSSR count). The lowest BCUT2D eigenvalue weighted by molar-refractivity contribution is -0.139. The fourth-order valence-corrected chi connectivity index (χ4v) is 3.11. The Morgan fingerprint density at radius 2 is 2.04 bits per heavy atom. The van der Waals surface area contributed by atoms with Gasteiger partial charge in [0.1, 0.15) is 0 Å². The number of likely N-dealkylation sites (N-methyl/N-ethyl adjacent to an activating group) is 1. The van der Waals surface area contributed by atoms with Gasteiger partial charge >= 0.3 is 6.09 Å². The number of benzene rings is 1. The van der Waals surface area contributed by atoms with Crippen LogP contribution in [-0.4, -0.2) is 41.9 Å². The summed E-state index contributed by atoms with van der Waals surface area (Å²) in [6.07, 6.45) is 3.07. The van der Waals surface area contributed by atoms with Crippen LogP contribution < -0.4 is 5.73 Å². The Hall–Kier alpha value is -2.60. The molecule has 1 aromatic rings. The molecule has 7 heteroatoms. The molecule has 2 aliphatic rings. The van der Waals surface area contributed by atoms with Crippen LogP contribution in [0.15, 0.2) is 58.6 Å². The van der Waals surface area contributed by atoms with E-state index < -0.39 is 18.2 Å². The van der Waals surface area contributed by atoms with Crippen LogP contribution >= 0.6 is 11.6 Å². The normalized spacial score (nSPS) is 26.2. The van der Waals surface area contributed by atoms with E-state index in [2.05, 4.69) is 4.99 Å². The van der Waals surface area contributed by atoms with Crippen molar-refractivity contribution in [3.63, 3.8) is 0 Å². The molecule has 1 heterocycles. The standard InChI is InChI=1S/C17H16ClN3O3/c1-21-13-8-7-11(18)9-12(13)14(10-5-3-2-4-6-10)20-15(16(21)22)24-17(19)23/h2-9,12-13,15H,1H3,(H2,19,23). The van der Waals surface area contributed by atoms with Crippen LogP contribution in [0.1, 0.15) is 5.56 Å². The van der Waals surface area contributed by atoms with E-state index in [0.29, 0.717) is 10.7 Å². The maximum Gasteiger partial charge on any atom is 0.406 e. The van der Waals surface area contributed by atoms with Crippen molar-refractivity contribution in [3.8, 4) is 0 Å². The van der Waals surface area contributed by atoms with Crippen LogP contribution in [0.25, 0.3) is 0 Å². The molecule has 3 atom stereocenters. The Bertz CT molecular complexity index is 758. The summed E-state index contributed by atoms with van der Waals surface area (Å²) in [4.78, 5) is 29.6. The fourth-order valence-electron chi connectivity index (χ4n) is 2.90. The molecule has 1 aliphatic heterocycles. The smallest absolute Gasteiger partial charge is 0.406 e. The first-order valence-corrected chi connectivity index (χ1v) is 7.76. The van der Waals surface area contributed by atoms with E-state index in [9.17, 15) is 9.59 Å². The van der Waals surface area contributed by atoms with Crippen LogP contribution in [0.5, 0.6) is 0 Å². The van der Waals surface area contributed by atoms with E-state index in [0.717, 1.165) is 5.56 Å². The Morgan fingerprint density at radius 3 is 2.71 bits per heavy atom. The van der Waals surface area contributed by atoms with Crippen molar-refractivity contribution in [2.24, 2.45) is 16.6 Å². The summed E-state index contributed by atoms with van der Waals surface area (Å²) >= 11 is 6.16. The zero-order valence-corrected chi connectivity index (χ0v) is 13.7. The second kappa shape index (κ2) is 6.49. The molecule has 0 fully saturated rings. The van der Waals surface area contributed by atoms with Gasteiger partial charge in [-0.2, -0.15) is 0 Å². The Balaban J connectivity index is 2.13. The Morgan fingerprint density at radius 1 is 1.33 bits per heavy atom. The zero-order valence-electron chi connectivity index (χ0n) is 12.9. The van der Waals surface area contributed by atoms with Gasteiger partial charge in [-0.1, -0.05) is 54.1 Å². The minimum absolute atomic E-state index is 0.250. The number of nitrogens with two attached hydrogens (primary N) is 1. The molecular formula is C17H16ClN3O3. The number of carbonyl (C=O) groups excluding carboxylic acids is 2. The number of aliphatic imine (C=N–C) groups is 1. The predicted octanol–water partition coefficient (Wildman–Crippen LogP) is 2.05. The molecule has 2 N–H and O–H groups in total. The fraction of sp³-hybridized carbons (Fsp3) is 0.235. The second-order valence-corrected chi connectivity index (χ2v) is 5.98. The van der Waals surface area contributed by atoms with Crippen LogP contribution in [0.4, 0.5) is 4.79 Å². The Kier molecular flexibility index (Phi) is 4.40. The molecule has 0 bridgehead atoms. The van der Waals surface area contributed by atoms with Crippen molar-refractivity contribution in [2.75, 3.05) is 7.05 Å². The molecule has 0 aromatic heterocycles. The average molecular weight is 346 g/mol. The van der Waals surface area contributed by atoms with Crippen molar-refractivity contribution in [1.29, 1.82) is 0 Å². The predicted molar refractivity (Wildman–Crippen MR) is 90.6 cm³/mol. The molecule has 1 aromatic carbocycles. The van der Waals surface area contributed by atoms with Crippen LogP contribution in [0, 0.1) is 5.92 Å². The van der Waals surface area contributed by atoms with E-state index in [4.69, 9.17) is 22.1 Å². The Labute approximate surface area is 144 Å². The van der Waals surface area contributed by atoms with Crippen molar-refractivity contribution in [1.82, 2.24) is 4.90 Å².